The molecular formula is C14H24N4O. The van der Waals surface area contributed by atoms with Crippen LogP contribution in [0.1, 0.15) is 25.0 Å². The van der Waals surface area contributed by atoms with Crippen LogP contribution >= 0.6 is 0 Å². The van der Waals surface area contributed by atoms with E-state index in [0.717, 1.165) is 18.5 Å². The fraction of sp³-hybridized carbons (Fsp3) is 0.500. The predicted octanol–water partition coefficient (Wildman–Crippen LogP) is 1.69. The molecule has 0 bridgehead atoms. The van der Waals surface area contributed by atoms with Gasteiger partial charge in [0.15, 0.2) is 0 Å². The highest BCUT2D eigenvalue weighted by Gasteiger charge is 2.07. The third kappa shape index (κ3) is 4.54. The van der Waals surface area contributed by atoms with Crippen LogP contribution in [0.2, 0.25) is 0 Å². The van der Waals surface area contributed by atoms with Gasteiger partial charge in [0.2, 0.25) is 5.96 Å². The minimum Gasteiger partial charge on any atom is -0.383 e. The first-order chi connectivity index (χ1) is 9.26. The minimum absolute atomic E-state index is 0.563. The Morgan fingerprint density at radius 3 is 2.37 bits per heavy atom. The molecule has 0 heterocycles. The van der Waals surface area contributed by atoms with Crippen molar-refractivity contribution in [2.45, 2.75) is 26.7 Å². The molecule has 4 N–H and O–H groups in total. The van der Waals surface area contributed by atoms with Gasteiger partial charge in [0.1, 0.15) is 0 Å². The molecule has 19 heavy (non-hydrogen) atoms. The fourth-order valence-corrected chi connectivity index (χ4v) is 1.89. The first kappa shape index (κ1) is 15.5. The Bertz CT molecular complexity index is 396. The zero-order valence-corrected chi connectivity index (χ0v) is 12.0. The number of methoxy groups -OCH3 is 1. The fourth-order valence-electron chi connectivity index (χ4n) is 1.89. The number of hydrazine groups is 1. The number of nitrogens with two attached hydrogens (primary N) is 1. The van der Waals surface area contributed by atoms with E-state index < -0.39 is 0 Å². The first-order valence-corrected chi connectivity index (χ1v) is 6.64. The summed E-state index contributed by atoms with van der Waals surface area (Å²) in [7, 11) is 1.65. The minimum atomic E-state index is 0.563. The number of para-hydroxylation sites is 1. The van der Waals surface area contributed by atoms with Crippen molar-refractivity contribution in [3.05, 3.63) is 29.3 Å². The van der Waals surface area contributed by atoms with E-state index in [1.807, 2.05) is 0 Å². The molecule has 0 spiro atoms. The number of benzene rings is 1. The van der Waals surface area contributed by atoms with E-state index in [0.29, 0.717) is 19.1 Å². The van der Waals surface area contributed by atoms with Crippen LogP contribution in [0.4, 0.5) is 5.69 Å². The number of anilines is 1. The molecule has 0 radical (unpaired) electrons. The molecule has 0 aliphatic heterocycles. The van der Waals surface area contributed by atoms with Crippen molar-refractivity contribution >= 4 is 11.6 Å². The van der Waals surface area contributed by atoms with Crippen molar-refractivity contribution < 1.29 is 4.74 Å². The maximum absolute atomic E-state index is 5.50. The highest BCUT2D eigenvalue weighted by Crippen LogP contribution is 2.22. The summed E-state index contributed by atoms with van der Waals surface area (Å²) in [6, 6.07) is 6.32. The van der Waals surface area contributed by atoms with E-state index in [2.05, 4.69) is 47.8 Å². The van der Waals surface area contributed by atoms with Crippen LogP contribution in [-0.4, -0.2) is 26.2 Å². The van der Waals surface area contributed by atoms with Gasteiger partial charge in [-0.05, 0) is 24.0 Å². The Morgan fingerprint density at radius 2 is 1.89 bits per heavy atom. The van der Waals surface area contributed by atoms with Crippen molar-refractivity contribution in [2.24, 2.45) is 10.8 Å². The van der Waals surface area contributed by atoms with E-state index in [-0.39, 0.29) is 0 Å². The summed E-state index contributed by atoms with van der Waals surface area (Å²) in [4.78, 5) is 4.32. The van der Waals surface area contributed by atoms with Gasteiger partial charge in [0.25, 0.3) is 0 Å². The molecule has 0 saturated carbocycles. The molecule has 0 aliphatic rings. The van der Waals surface area contributed by atoms with Crippen LogP contribution in [0.3, 0.4) is 0 Å². The Kier molecular flexibility index (Phi) is 6.92. The number of nitrogens with one attached hydrogen (secondary N) is 2. The summed E-state index contributed by atoms with van der Waals surface area (Å²) in [5, 5.41) is 3.28. The third-order valence-electron chi connectivity index (χ3n) is 2.94. The molecule has 0 fully saturated rings. The second-order valence-electron chi connectivity index (χ2n) is 4.15. The summed E-state index contributed by atoms with van der Waals surface area (Å²) in [5.41, 5.74) is 6.21. The highest BCUT2D eigenvalue weighted by molar-refractivity contribution is 5.94. The van der Waals surface area contributed by atoms with Gasteiger partial charge in [-0.15, -0.1) is 0 Å². The van der Waals surface area contributed by atoms with E-state index in [1.165, 1.54) is 11.1 Å². The lowest BCUT2D eigenvalue weighted by atomic mass is 10.0. The summed E-state index contributed by atoms with van der Waals surface area (Å²) in [6.45, 7) is 5.41. The summed E-state index contributed by atoms with van der Waals surface area (Å²) in [6.07, 6.45) is 1.93. The van der Waals surface area contributed by atoms with E-state index >= 15 is 0 Å². The molecule has 0 aliphatic carbocycles. The van der Waals surface area contributed by atoms with Gasteiger partial charge in [-0.1, -0.05) is 32.0 Å². The smallest absolute Gasteiger partial charge is 0.210 e. The maximum atomic E-state index is 5.50. The molecule has 1 aromatic rings. The van der Waals surface area contributed by atoms with Crippen LogP contribution in [0.25, 0.3) is 0 Å². The van der Waals surface area contributed by atoms with Crippen LogP contribution in [0.5, 0.6) is 0 Å². The standard InChI is InChI=1S/C14H24N4O/c1-4-11-7-6-8-12(5-2)13(11)17-14(18-15)16-9-10-19-3/h6-8H,4-5,9-10,15H2,1-3H3,(H2,16,17,18). The SMILES string of the molecule is CCc1cccc(CC)c1NC(=NCCOC)NN. The zero-order chi connectivity index (χ0) is 14.1. The van der Waals surface area contributed by atoms with Crippen molar-refractivity contribution in [3.8, 4) is 0 Å². The molecule has 0 aromatic heterocycles. The normalized spacial score (nSPS) is 11.5. The Hall–Kier alpha value is -1.59. The van der Waals surface area contributed by atoms with Gasteiger partial charge in [-0.3, -0.25) is 5.43 Å². The Labute approximate surface area is 115 Å². The Morgan fingerprint density at radius 1 is 1.26 bits per heavy atom. The lowest BCUT2D eigenvalue weighted by Gasteiger charge is -2.16. The first-order valence-electron chi connectivity index (χ1n) is 6.64. The highest BCUT2D eigenvalue weighted by atomic mass is 16.5. The van der Waals surface area contributed by atoms with Crippen LogP contribution in [0.15, 0.2) is 23.2 Å². The second-order valence-corrected chi connectivity index (χ2v) is 4.15. The molecule has 0 saturated heterocycles. The molecule has 5 heteroatoms. The zero-order valence-electron chi connectivity index (χ0n) is 12.0. The van der Waals surface area contributed by atoms with Gasteiger partial charge in [0, 0.05) is 12.8 Å². The van der Waals surface area contributed by atoms with Gasteiger partial charge >= 0.3 is 0 Å². The maximum Gasteiger partial charge on any atom is 0.210 e. The number of hydrogen-bond donors (Lipinski definition) is 3. The molecule has 1 rings (SSSR count). The van der Waals surface area contributed by atoms with Crippen LogP contribution in [0, 0.1) is 0 Å². The number of nitrogens with zero attached hydrogens (tertiary/aromatic N) is 1. The molecule has 106 valence electrons. The average molecular weight is 264 g/mol. The van der Waals surface area contributed by atoms with E-state index in [9.17, 15) is 0 Å². The second kappa shape index (κ2) is 8.50. The van der Waals surface area contributed by atoms with Crippen molar-refractivity contribution in [1.29, 1.82) is 0 Å². The number of guanidine groups is 1. The lowest BCUT2D eigenvalue weighted by molar-refractivity contribution is 0.208. The number of rotatable bonds is 6. The number of aliphatic imine (C=N–C) groups is 1. The molecule has 0 unspecified atom stereocenters. The van der Waals surface area contributed by atoms with Gasteiger partial charge < -0.3 is 10.1 Å². The van der Waals surface area contributed by atoms with E-state index in [1.54, 1.807) is 7.11 Å². The lowest BCUT2D eigenvalue weighted by Crippen LogP contribution is -2.37. The summed E-state index contributed by atoms with van der Waals surface area (Å²) < 4.78 is 4.97. The molecule has 1 aromatic carbocycles. The van der Waals surface area contributed by atoms with Gasteiger partial charge in [-0.25, -0.2) is 10.8 Å². The van der Waals surface area contributed by atoms with Crippen molar-refractivity contribution in [2.75, 3.05) is 25.6 Å². The Balaban J connectivity index is 2.92. The number of aryl methyl sites for hydroxylation is 2. The van der Waals surface area contributed by atoms with Crippen LogP contribution < -0.4 is 16.6 Å². The monoisotopic (exact) mass is 264 g/mol. The molecule has 0 amide bonds. The van der Waals surface area contributed by atoms with Crippen molar-refractivity contribution in [1.82, 2.24) is 5.43 Å². The number of hydrogen-bond acceptors (Lipinski definition) is 3. The molecule has 5 nitrogen and oxygen atoms in total. The van der Waals surface area contributed by atoms with Crippen molar-refractivity contribution in [3.63, 3.8) is 0 Å². The topological polar surface area (TPSA) is 71.7 Å². The third-order valence-corrected chi connectivity index (χ3v) is 2.94. The molecule has 0 atom stereocenters. The summed E-state index contributed by atoms with van der Waals surface area (Å²) >= 11 is 0. The largest absolute Gasteiger partial charge is 0.383 e. The van der Waals surface area contributed by atoms with Crippen LogP contribution in [-0.2, 0) is 17.6 Å². The summed E-state index contributed by atoms with van der Waals surface area (Å²) in [5.74, 6) is 6.06. The molecular weight excluding hydrogens is 240 g/mol. The number of ether oxygens (including phenoxy) is 1. The van der Waals surface area contributed by atoms with E-state index in [4.69, 9.17) is 10.6 Å². The quantitative estimate of drug-likeness (QED) is 0.240. The van der Waals surface area contributed by atoms with Gasteiger partial charge in [-0.2, -0.15) is 0 Å². The van der Waals surface area contributed by atoms with Gasteiger partial charge in [0.05, 0.1) is 13.2 Å². The average Bonchev–Trinajstić information content (AvgIpc) is 2.46. The predicted molar refractivity (Wildman–Crippen MR) is 80.3 cm³/mol.